The summed E-state index contributed by atoms with van der Waals surface area (Å²) in [6.07, 6.45) is 0. The van der Waals surface area contributed by atoms with Gasteiger partial charge >= 0.3 is 6.03 Å². The fourth-order valence-electron chi connectivity index (χ4n) is 1.48. The molecule has 0 bridgehead atoms. The fourth-order valence-corrected chi connectivity index (χ4v) is 1.48. The molecule has 2 amide bonds. The van der Waals surface area contributed by atoms with Crippen molar-refractivity contribution in [3.8, 4) is 0 Å². The molecule has 0 heterocycles. The number of urea groups is 1. The first-order valence-electron chi connectivity index (χ1n) is 5.67. The van der Waals surface area contributed by atoms with Gasteiger partial charge in [-0.05, 0) is 38.1 Å². The summed E-state index contributed by atoms with van der Waals surface area (Å²) >= 11 is 0. The second-order valence-corrected chi connectivity index (χ2v) is 4.38. The lowest BCUT2D eigenvalue weighted by Gasteiger charge is -2.17. The number of hydrogen-bond acceptors (Lipinski definition) is 2. The molecule has 0 unspecified atom stereocenters. The van der Waals surface area contributed by atoms with Crippen LogP contribution in [0.15, 0.2) is 36.4 Å². The first-order chi connectivity index (χ1) is 8.40. The molecular formula is C14H18N2O2. The van der Waals surface area contributed by atoms with Crippen molar-refractivity contribution in [3.05, 3.63) is 42.0 Å². The minimum atomic E-state index is -0.200. The van der Waals surface area contributed by atoms with Gasteiger partial charge in [0.1, 0.15) is 0 Å². The Kier molecular flexibility index (Phi) is 4.66. The molecule has 0 fully saturated rings. The smallest absolute Gasteiger partial charge is 0.321 e. The van der Waals surface area contributed by atoms with Gasteiger partial charge < -0.3 is 10.2 Å². The summed E-state index contributed by atoms with van der Waals surface area (Å²) in [5.74, 6) is 0.00674. The Labute approximate surface area is 107 Å². The average Bonchev–Trinajstić information content (AvgIpc) is 2.28. The zero-order chi connectivity index (χ0) is 13.7. The number of rotatable bonds is 4. The number of amides is 2. The van der Waals surface area contributed by atoms with E-state index in [0.29, 0.717) is 17.8 Å². The molecule has 0 aliphatic rings. The third kappa shape index (κ3) is 4.05. The number of likely N-dealkylation sites (N-methyl/N-ethyl adjacent to an activating group) is 1. The fraction of sp³-hybridized carbons (Fsp3) is 0.286. The van der Waals surface area contributed by atoms with Crippen LogP contribution in [-0.2, 0) is 0 Å². The van der Waals surface area contributed by atoms with Crippen LogP contribution in [0.4, 0.5) is 10.5 Å². The Morgan fingerprint density at radius 3 is 2.22 bits per heavy atom. The van der Waals surface area contributed by atoms with E-state index < -0.39 is 0 Å². The lowest BCUT2D eigenvalue weighted by atomic mass is 10.1. The van der Waals surface area contributed by atoms with Gasteiger partial charge in [-0.25, -0.2) is 4.79 Å². The molecule has 0 aromatic heterocycles. The van der Waals surface area contributed by atoms with Crippen LogP contribution in [0, 0.1) is 0 Å². The highest BCUT2D eigenvalue weighted by Gasteiger charge is 2.08. The Morgan fingerprint density at radius 2 is 1.78 bits per heavy atom. The van der Waals surface area contributed by atoms with E-state index in [1.807, 2.05) is 6.92 Å². The van der Waals surface area contributed by atoms with E-state index in [9.17, 15) is 9.59 Å². The standard InChI is InChI=1S/C14H18N2O2/c1-10(2)9-16(4)14(18)15-13-7-5-12(6-8-13)11(3)17/h5-8H,1,9H2,2-4H3,(H,15,18). The van der Waals surface area contributed by atoms with Gasteiger partial charge in [-0.3, -0.25) is 4.79 Å². The van der Waals surface area contributed by atoms with Gasteiger partial charge in [0.05, 0.1) is 0 Å². The van der Waals surface area contributed by atoms with Gasteiger partial charge in [-0.1, -0.05) is 12.2 Å². The largest absolute Gasteiger partial charge is 0.324 e. The van der Waals surface area contributed by atoms with Gasteiger partial charge in [-0.15, -0.1) is 0 Å². The monoisotopic (exact) mass is 246 g/mol. The number of Topliss-reactive ketones (excluding diaryl/α,β-unsaturated/α-hetero) is 1. The molecule has 18 heavy (non-hydrogen) atoms. The van der Waals surface area contributed by atoms with Crippen molar-refractivity contribution >= 4 is 17.5 Å². The molecule has 0 saturated heterocycles. The highest BCUT2D eigenvalue weighted by atomic mass is 16.2. The Morgan fingerprint density at radius 1 is 1.22 bits per heavy atom. The van der Waals surface area contributed by atoms with E-state index >= 15 is 0 Å². The molecule has 1 aromatic rings. The summed E-state index contributed by atoms with van der Waals surface area (Å²) in [6, 6.07) is 6.61. The molecule has 0 aliphatic carbocycles. The van der Waals surface area contributed by atoms with E-state index in [2.05, 4.69) is 11.9 Å². The van der Waals surface area contributed by atoms with E-state index in [0.717, 1.165) is 5.57 Å². The predicted molar refractivity (Wildman–Crippen MR) is 72.9 cm³/mol. The van der Waals surface area contributed by atoms with Crippen LogP contribution < -0.4 is 5.32 Å². The molecule has 1 rings (SSSR count). The highest BCUT2D eigenvalue weighted by Crippen LogP contribution is 2.10. The maximum Gasteiger partial charge on any atom is 0.321 e. The van der Waals surface area contributed by atoms with Crippen molar-refractivity contribution in [2.24, 2.45) is 0 Å². The number of anilines is 1. The van der Waals surface area contributed by atoms with Gasteiger partial charge in [0, 0.05) is 24.8 Å². The summed E-state index contributed by atoms with van der Waals surface area (Å²) in [4.78, 5) is 24.4. The van der Waals surface area contributed by atoms with E-state index in [-0.39, 0.29) is 11.8 Å². The maximum atomic E-state index is 11.8. The predicted octanol–water partition coefficient (Wildman–Crippen LogP) is 2.93. The van der Waals surface area contributed by atoms with Gasteiger partial charge in [0.2, 0.25) is 0 Å². The number of carbonyl (C=O) groups excluding carboxylic acids is 2. The van der Waals surface area contributed by atoms with Gasteiger partial charge in [0.25, 0.3) is 0 Å². The van der Waals surface area contributed by atoms with Crippen molar-refractivity contribution in [2.45, 2.75) is 13.8 Å². The SMILES string of the molecule is C=C(C)CN(C)C(=O)Nc1ccc(C(C)=O)cc1. The minimum absolute atomic E-state index is 0.00674. The normalized spacial score (nSPS) is 9.72. The van der Waals surface area contributed by atoms with Crippen molar-refractivity contribution in [1.29, 1.82) is 0 Å². The van der Waals surface area contributed by atoms with Crippen molar-refractivity contribution in [1.82, 2.24) is 4.90 Å². The molecule has 4 nitrogen and oxygen atoms in total. The van der Waals surface area contributed by atoms with Crippen LogP contribution in [0.1, 0.15) is 24.2 Å². The van der Waals surface area contributed by atoms with Gasteiger partial charge in [0.15, 0.2) is 5.78 Å². The molecule has 1 aromatic carbocycles. The van der Waals surface area contributed by atoms with Crippen LogP contribution in [0.3, 0.4) is 0 Å². The van der Waals surface area contributed by atoms with Crippen LogP contribution >= 0.6 is 0 Å². The quantitative estimate of drug-likeness (QED) is 0.656. The lowest BCUT2D eigenvalue weighted by Crippen LogP contribution is -2.32. The Balaban J connectivity index is 2.64. The lowest BCUT2D eigenvalue weighted by molar-refractivity contribution is 0.101. The molecule has 0 spiro atoms. The van der Waals surface area contributed by atoms with Crippen LogP contribution in [0.5, 0.6) is 0 Å². The summed E-state index contributed by atoms with van der Waals surface area (Å²) in [6.45, 7) is 7.64. The Bertz CT molecular complexity index is 463. The maximum absolute atomic E-state index is 11.8. The van der Waals surface area contributed by atoms with Crippen molar-refractivity contribution in [3.63, 3.8) is 0 Å². The number of hydrogen-bond donors (Lipinski definition) is 1. The second-order valence-electron chi connectivity index (χ2n) is 4.38. The number of nitrogens with one attached hydrogen (secondary N) is 1. The Hall–Kier alpha value is -2.10. The zero-order valence-corrected chi connectivity index (χ0v) is 11.0. The topological polar surface area (TPSA) is 49.4 Å². The second kappa shape index (κ2) is 6.00. The first-order valence-corrected chi connectivity index (χ1v) is 5.67. The highest BCUT2D eigenvalue weighted by molar-refractivity contribution is 5.95. The molecule has 1 N–H and O–H groups in total. The third-order valence-corrected chi connectivity index (χ3v) is 2.40. The third-order valence-electron chi connectivity index (χ3n) is 2.40. The summed E-state index contributed by atoms with van der Waals surface area (Å²) in [5.41, 5.74) is 2.21. The van der Waals surface area contributed by atoms with E-state index in [1.54, 1.807) is 36.2 Å². The van der Waals surface area contributed by atoms with Crippen LogP contribution in [-0.4, -0.2) is 30.3 Å². The molecular weight excluding hydrogens is 228 g/mol. The molecule has 0 aliphatic heterocycles. The summed E-state index contributed by atoms with van der Waals surface area (Å²) in [7, 11) is 1.70. The summed E-state index contributed by atoms with van der Waals surface area (Å²) < 4.78 is 0. The molecule has 0 radical (unpaired) electrons. The number of carbonyl (C=O) groups is 2. The van der Waals surface area contributed by atoms with Gasteiger partial charge in [-0.2, -0.15) is 0 Å². The van der Waals surface area contributed by atoms with Crippen molar-refractivity contribution in [2.75, 3.05) is 18.9 Å². The first kappa shape index (κ1) is 14.0. The molecule has 0 atom stereocenters. The van der Waals surface area contributed by atoms with E-state index in [1.165, 1.54) is 6.92 Å². The van der Waals surface area contributed by atoms with Crippen molar-refractivity contribution < 1.29 is 9.59 Å². The number of nitrogens with zero attached hydrogens (tertiary/aromatic N) is 1. The van der Waals surface area contributed by atoms with Crippen LogP contribution in [0.25, 0.3) is 0 Å². The minimum Gasteiger partial charge on any atom is -0.324 e. The average molecular weight is 246 g/mol. The zero-order valence-electron chi connectivity index (χ0n) is 11.0. The number of ketones is 1. The van der Waals surface area contributed by atoms with Crippen LogP contribution in [0.2, 0.25) is 0 Å². The molecule has 96 valence electrons. The molecule has 0 saturated carbocycles. The molecule has 4 heteroatoms. The number of benzene rings is 1. The van der Waals surface area contributed by atoms with E-state index in [4.69, 9.17) is 0 Å². The summed E-state index contributed by atoms with van der Waals surface area (Å²) in [5, 5.41) is 2.75.